The third-order valence-electron chi connectivity index (χ3n) is 3.04. The van der Waals surface area contributed by atoms with Gasteiger partial charge in [-0.3, -0.25) is 4.79 Å². The molecule has 98 valence electrons. The van der Waals surface area contributed by atoms with Crippen molar-refractivity contribution in [3.05, 3.63) is 34.3 Å². The van der Waals surface area contributed by atoms with Crippen molar-refractivity contribution in [1.82, 2.24) is 4.90 Å². The van der Waals surface area contributed by atoms with Gasteiger partial charge in [0.2, 0.25) is 5.91 Å². The number of carboxylic acids is 1. The number of benzene rings is 1. The summed E-state index contributed by atoms with van der Waals surface area (Å²) in [6, 6.07) is 7.01. The number of rotatable bonds is 4. The molecule has 0 saturated carbocycles. The van der Waals surface area contributed by atoms with Crippen LogP contribution >= 0.6 is 15.9 Å². The zero-order valence-electron chi connectivity index (χ0n) is 10.6. The highest BCUT2D eigenvalue weighted by molar-refractivity contribution is 9.10. The van der Waals surface area contributed by atoms with Crippen LogP contribution < -0.4 is 0 Å². The molecule has 0 aliphatic carbocycles. The monoisotopic (exact) mass is 313 g/mol. The molecule has 5 heteroatoms. The maximum absolute atomic E-state index is 11.6. The summed E-state index contributed by atoms with van der Waals surface area (Å²) in [6.07, 6.45) is 0. The van der Waals surface area contributed by atoms with E-state index in [1.165, 1.54) is 11.8 Å². The highest BCUT2D eigenvalue weighted by atomic mass is 79.9. The van der Waals surface area contributed by atoms with Crippen molar-refractivity contribution in [3.63, 3.8) is 0 Å². The predicted octanol–water partition coefficient (Wildman–Crippen LogP) is 2.62. The Balaban J connectivity index is 3.40. The molecule has 0 spiro atoms. The van der Waals surface area contributed by atoms with Gasteiger partial charge in [0.1, 0.15) is 0 Å². The fraction of sp³-hybridized carbons (Fsp3) is 0.385. The standard InChI is InChI=1S/C13H16BrNO3/c1-4-15(9(2)16)13(3,12(17)18)10-6-5-7-11(14)8-10/h5-8H,4H2,1-3H3,(H,17,18). The molecule has 1 rings (SSSR count). The molecule has 0 aliphatic heterocycles. The quantitative estimate of drug-likeness (QED) is 0.929. The number of likely N-dealkylation sites (N-methyl/N-ethyl adjacent to an activating group) is 1. The second-order valence-corrected chi connectivity index (χ2v) is 5.07. The normalized spacial score (nSPS) is 13.8. The maximum Gasteiger partial charge on any atom is 0.334 e. The SMILES string of the molecule is CCN(C(C)=O)C(C)(C(=O)O)c1cccc(Br)c1. The molecule has 1 unspecified atom stereocenters. The van der Waals surface area contributed by atoms with Gasteiger partial charge >= 0.3 is 5.97 Å². The summed E-state index contributed by atoms with van der Waals surface area (Å²) in [4.78, 5) is 24.6. The van der Waals surface area contributed by atoms with Crippen molar-refractivity contribution in [1.29, 1.82) is 0 Å². The second-order valence-electron chi connectivity index (χ2n) is 4.15. The first kappa shape index (κ1) is 14.7. The van der Waals surface area contributed by atoms with E-state index in [0.29, 0.717) is 12.1 Å². The zero-order valence-corrected chi connectivity index (χ0v) is 12.2. The molecular weight excluding hydrogens is 298 g/mol. The highest BCUT2D eigenvalue weighted by Gasteiger charge is 2.42. The van der Waals surface area contributed by atoms with Crippen molar-refractivity contribution in [3.8, 4) is 0 Å². The van der Waals surface area contributed by atoms with Gasteiger partial charge in [-0.2, -0.15) is 0 Å². The minimum absolute atomic E-state index is 0.262. The van der Waals surface area contributed by atoms with Crippen molar-refractivity contribution in [2.24, 2.45) is 0 Å². The molecular formula is C13H16BrNO3. The highest BCUT2D eigenvalue weighted by Crippen LogP contribution is 2.30. The summed E-state index contributed by atoms with van der Waals surface area (Å²) in [5.41, 5.74) is -0.786. The fourth-order valence-corrected chi connectivity index (χ4v) is 2.44. The van der Waals surface area contributed by atoms with Gasteiger partial charge in [-0.15, -0.1) is 0 Å². The molecule has 0 bridgehead atoms. The molecule has 0 fully saturated rings. The first-order valence-corrected chi connectivity index (χ1v) is 6.41. The third-order valence-corrected chi connectivity index (χ3v) is 3.53. The van der Waals surface area contributed by atoms with E-state index in [2.05, 4.69) is 15.9 Å². The zero-order chi connectivity index (χ0) is 13.9. The molecule has 0 saturated heterocycles. The minimum atomic E-state index is -1.36. The van der Waals surface area contributed by atoms with E-state index < -0.39 is 11.5 Å². The summed E-state index contributed by atoms with van der Waals surface area (Å²) >= 11 is 3.32. The third kappa shape index (κ3) is 2.56. The van der Waals surface area contributed by atoms with Crippen LogP contribution in [0.5, 0.6) is 0 Å². The molecule has 1 aromatic carbocycles. The number of hydrogen-bond donors (Lipinski definition) is 1. The number of amides is 1. The first-order valence-electron chi connectivity index (χ1n) is 5.61. The van der Waals surface area contributed by atoms with Crippen molar-refractivity contribution >= 4 is 27.8 Å². The lowest BCUT2D eigenvalue weighted by Gasteiger charge is -2.37. The van der Waals surface area contributed by atoms with Crippen molar-refractivity contribution < 1.29 is 14.7 Å². The van der Waals surface area contributed by atoms with Crippen LogP contribution in [0.2, 0.25) is 0 Å². The fourth-order valence-electron chi connectivity index (χ4n) is 2.04. The van der Waals surface area contributed by atoms with Gasteiger partial charge in [0.05, 0.1) is 0 Å². The van der Waals surface area contributed by atoms with Crippen LogP contribution in [-0.2, 0) is 15.1 Å². The Bertz CT molecular complexity index is 475. The van der Waals surface area contributed by atoms with E-state index in [-0.39, 0.29) is 5.91 Å². The van der Waals surface area contributed by atoms with Crippen LogP contribution in [0.4, 0.5) is 0 Å². The van der Waals surface area contributed by atoms with Crippen LogP contribution in [0.1, 0.15) is 26.3 Å². The van der Waals surface area contributed by atoms with E-state index in [1.807, 2.05) is 6.07 Å². The van der Waals surface area contributed by atoms with E-state index >= 15 is 0 Å². The Morgan fingerprint density at radius 2 is 2.06 bits per heavy atom. The molecule has 18 heavy (non-hydrogen) atoms. The van der Waals surface area contributed by atoms with Gasteiger partial charge in [0.15, 0.2) is 5.54 Å². The summed E-state index contributed by atoms with van der Waals surface area (Å²) < 4.78 is 0.784. The van der Waals surface area contributed by atoms with Gasteiger partial charge in [-0.25, -0.2) is 4.79 Å². The maximum atomic E-state index is 11.6. The molecule has 0 aliphatic rings. The van der Waals surface area contributed by atoms with Gasteiger partial charge in [-0.05, 0) is 31.5 Å². The lowest BCUT2D eigenvalue weighted by atomic mass is 9.90. The van der Waals surface area contributed by atoms with Gasteiger partial charge in [-0.1, -0.05) is 28.1 Å². The lowest BCUT2D eigenvalue weighted by molar-refractivity contribution is -0.158. The lowest BCUT2D eigenvalue weighted by Crippen LogP contribution is -2.51. The number of nitrogens with zero attached hydrogens (tertiary/aromatic N) is 1. The average molecular weight is 314 g/mol. The number of halogens is 1. The largest absolute Gasteiger partial charge is 0.479 e. The Kier molecular flexibility index (Phi) is 4.51. The number of carbonyl (C=O) groups is 2. The first-order chi connectivity index (χ1) is 8.33. The van der Waals surface area contributed by atoms with Crippen LogP contribution in [0.3, 0.4) is 0 Å². The van der Waals surface area contributed by atoms with E-state index in [1.54, 1.807) is 32.0 Å². The molecule has 1 N–H and O–H groups in total. The number of carboxylic acid groups (broad SMARTS) is 1. The van der Waals surface area contributed by atoms with Crippen LogP contribution in [0.25, 0.3) is 0 Å². The van der Waals surface area contributed by atoms with Gasteiger partial charge < -0.3 is 10.0 Å². The van der Waals surface area contributed by atoms with Crippen LogP contribution in [0, 0.1) is 0 Å². The molecule has 1 amide bonds. The summed E-state index contributed by atoms with van der Waals surface area (Å²) in [6.45, 7) is 5.02. The minimum Gasteiger partial charge on any atom is -0.479 e. The van der Waals surface area contributed by atoms with Crippen LogP contribution in [-0.4, -0.2) is 28.4 Å². The van der Waals surface area contributed by atoms with Gasteiger partial charge in [0, 0.05) is 17.9 Å². The molecule has 0 heterocycles. The van der Waals surface area contributed by atoms with E-state index in [9.17, 15) is 14.7 Å². The summed E-state index contributed by atoms with van der Waals surface area (Å²) in [7, 11) is 0. The van der Waals surface area contributed by atoms with Crippen molar-refractivity contribution in [2.75, 3.05) is 6.54 Å². The Morgan fingerprint density at radius 1 is 1.44 bits per heavy atom. The van der Waals surface area contributed by atoms with Gasteiger partial charge in [0.25, 0.3) is 0 Å². The topological polar surface area (TPSA) is 57.6 Å². The summed E-state index contributed by atoms with van der Waals surface area (Å²) in [5.74, 6) is -1.31. The second kappa shape index (κ2) is 5.52. The predicted molar refractivity (Wildman–Crippen MR) is 72.2 cm³/mol. The molecule has 1 atom stereocenters. The Labute approximate surface area is 115 Å². The van der Waals surface area contributed by atoms with Crippen molar-refractivity contribution in [2.45, 2.75) is 26.3 Å². The van der Waals surface area contributed by atoms with E-state index in [0.717, 1.165) is 4.47 Å². The van der Waals surface area contributed by atoms with Crippen LogP contribution in [0.15, 0.2) is 28.7 Å². The number of aliphatic carboxylic acids is 1. The molecule has 0 aromatic heterocycles. The summed E-state index contributed by atoms with van der Waals surface area (Å²) in [5, 5.41) is 9.52. The Morgan fingerprint density at radius 3 is 2.44 bits per heavy atom. The molecule has 4 nitrogen and oxygen atoms in total. The Hall–Kier alpha value is -1.36. The van der Waals surface area contributed by atoms with E-state index in [4.69, 9.17) is 0 Å². The average Bonchev–Trinajstić information content (AvgIpc) is 2.28. The number of carbonyl (C=O) groups excluding carboxylic acids is 1. The molecule has 0 radical (unpaired) electrons. The smallest absolute Gasteiger partial charge is 0.334 e. The number of hydrogen-bond acceptors (Lipinski definition) is 2. The molecule has 1 aromatic rings.